The highest BCUT2D eigenvalue weighted by molar-refractivity contribution is 6.32. The lowest BCUT2D eigenvalue weighted by Gasteiger charge is -2.12. The molecule has 2 aromatic carbocycles. The number of ether oxygens (including phenoxy) is 2. The Morgan fingerprint density at radius 3 is 2.55 bits per heavy atom. The summed E-state index contributed by atoms with van der Waals surface area (Å²) in [6.07, 6.45) is -4.00. The normalized spacial score (nSPS) is 11.3. The van der Waals surface area contributed by atoms with Gasteiger partial charge in [0.2, 0.25) is 5.91 Å². The predicted octanol–water partition coefficient (Wildman–Crippen LogP) is 5.14. The largest absolute Gasteiger partial charge is 0.456 e. The number of nitro benzene ring substituents is 1. The van der Waals surface area contributed by atoms with Gasteiger partial charge in [-0.1, -0.05) is 18.5 Å². The van der Waals surface area contributed by atoms with Gasteiger partial charge in [-0.25, -0.2) is 0 Å². The van der Waals surface area contributed by atoms with Crippen molar-refractivity contribution in [1.29, 1.82) is 0 Å². The Kier molecular flexibility index (Phi) is 8.64. The van der Waals surface area contributed by atoms with Crippen molar-refractivity contribution < 1.29 is 32.4 Å². The van der Waals surface area contributed by atoms with Gasteiger partial charge in [0.1, 0.15) is 11.5 Å². The van der Waals surface area contributed by atoms with Gasteiger partial charge in [-0.05, 0) is 36.8 Å². The van der Waals surface area contributed by atoms with E-state index in [4.69, 9.17) is 21.1 Å². The molecule has 0 unspecified atom stereocenters. The highest BCUT2D eigenvalue weighted by Crippen LogP contribution is 2.37. The van der Waals surface area contributed by atoms with Crippen LogP contribution in [0, 0.1) is 10.1 Å². The number of amides is 1. The zero-order valence-corrected chi connectivity index (χ0v) is 17.3. The Morgan fingerprint density at radius 2 is 1.94 bits per heavy atom. The first-order valence-corrected chi connectivity index (χ1v) is 9.66. The molecule has 0 radical (unpaired) electrons. The molecule has 0 fully saturated rings. The molecule has 0 spiro atoms. The van der Waals surface area contributed by atoms with Crippen molar-refractivity contribution in [3.8, 4) is 11.5 Å². The third-order valence-corrected chi connectivity index (χ3v) is 4.30. The molecule has 2 rings (SSSR count). The topological polar surface area (TPSA) is 90.7 Å². The average Bonchev–Trinajstić information content (AvgIpc) is 2.68. The molecule has 1 N–H and O–H groups in total. The maximum Gasteiger partial charge on any atom is 0.416 e. The average molecular weight is 461 g/mol. The first-order chi connectivity index (χ1) is 14.6. The fraction of sp³-hybridized carbons (Fsp3) is 0.350. The highest BCUT2D eigenvalue weighted by atomic mass is 35.5. The number of nitrogens with one attached hydrogen (secondary N) is 1. The monoisotopic (exact) mass is 460 g/mol. The standard InChI is InChI=1S/C20H20ClF3N2O5/c1-2-8-30-9-7-25-19(27)11-13-10-15(4-5-17(13)26(28)29)31-18-6-3-14(12-16(18)21)20(22,23)24/h3-6,10,12H,2,7-9,11H2,1H3,(H,25,27). The zero-order valence-electron chi connectivity index (χ0n) is 16.5. The Balaban J connectivity index is 2.14. The number of rotatable bonds is 10. The van der Waals surface area contributed by atoms with Gasteiger partial charge in [0.25, 0.3) is 5.69 Å². The summed E-state index contributed by atoms with van der Waals surface area (Å²) < 4.78 is 49.0. The Hall–Kier alpha value is -2.85. The van der Waals surface area contributed by atoms with Crippen molar-refractivity contribution in [2.45, 2.75) is 25.9 Å². The van der Waals surface area contributed by atoms with Crippen LogP contribution in [0.15, 0.2) is 36.4 Å². The molecule has 0 bridgehead atoms. The molecule has 0 saturated heterocycles. The number of halogens is 4. The molecule has 2 aromatic rings. The summed E-state index contributed by atoms with van der Waals surface area (Å²) in [6, 6.07) is 6.28. The third kappa shape index (κ3) is 7.41. The highest BCUT2D eigenvalue weighted by Gasteiger charge is 2.31. The number of benzene rings is 2. The zero-order chi connectivity index (χ0) is 23.0. The number of carbonyl (C=O) groups is 1. The van der Waals surface area contributed by atoms with Crippen molar-refractivity contribution in [1.82, 2.24) is 5.32 Å². The van der Waals surface area contributed by atoms with Crippen LogP contribution in [-0.2, 0) is 22.1 Å². The molecule has 31 heavy (non-hydrogen) atoms. The van der Waals surface area contributed by atoms with Crippen molar-refractivity contribution in [3.05, 3.63) is 62.7 Å². The van der Waals surface area contributed by atoms with Crippen molar-refractivity contribution in [2.24, 2.45) is 0 Å². The molecule has 0 aromatic heterocycles. The van der Waals surface area contributed by atoms with E-state index in [0.29, 0.717) is 13.2 Å². The van der Waals surface area contributed by atoms with Crippen LogP contribution in [0.2, 0.25) is 5.02 Å². The van der Waals surface area contributed by atoms with Crippen LogP contribution in [0.1, 0.15) is 24.5 Å². The molecular weight excluding hydrogens is 441 g/mol. The number of alkyl halides is 3. The number of hydrogen-bond donors (Lipinski definition) is 1. The number of nitro groups is 1. The first-order valence-electron chi connectivity index (χ1n) is 9.28. The van der Waals surface area contributed by atoms with E-state index in [9.17, 15) is 28.1 Å². The lowest BCUT2D eigenvalue weighted by molar-refractivity contribution is -0.385. The summed E-state index contributed by atoms with van der Waals surface area (Å²) in [5, 5.41) is 13.6. The van der Waals surface area contributed by atoms with E-state index in [2.05, 4.69) is 5.32 Å². The second-order valence-electron chi connectivity index (χ2n) is 6.43. The van der Waals surface area contributed by atoms with Gasteiger partial charge in [-0.15, -0.1) is 0 Å². The van der Waals surface area contributed by atoms with Crippen molar-refractivity contribution >= 4 is 23.2 Å². The van der Waals surface area contributed by atoms with Crippen molar-refractivity contribution in [3.63, 3.8) is 0 Å². The van der Waals surface area contributed by atoms with Gasteiger partial charge >= 0.3 is 6.18 Å². The summed E-state index contributed by atoms with van der Waals surface area (Å²) in [7, 11) is 0. The Morgan fingerprint density at radius 1 is 1.19 bits per heavy atom. The molecule has 11 heteroatoms. The molecule has 0 atom stereocenters. The van der Waals surface area contributed by atoms with Crippen molar-refractivity contribution in [2.75, 3.05) is 19.8 Å². The fourth-order valence-corrected chi connectivity index (χ4v) is 2.80. The van der Waals surface area contributed by atoms with Crippen LogP contribution >= 0.6 is 11.6 Å². The van der Waals surface area contributed by atoms with Gasteiger partial charge in [0.05, 0.1) is 28.5 Å². The summed E-state index contributed by atoms with van der Waals surface area (Å²) >= 11 is 5.88. The minimum absolute atomic E-state index is 0.0630. The van der Waals surface area contributed by atoms with Crippen LogP contribution in [0.3, 0.4) is 0 Å². The van der Waals surface area contributed by atoms with E-state index in [-0.39, 0.29) is 40.7 Å². The number of nitrogens with zero attached hydrogens (tertiary/aromatic N) is 1. The van der Waals surface area contributed by atoms with Gasteiger partial charge in [-0.3, -0.25) is 14.9 Å². The summed E-state index contributed by atoms with van der Waals surface area (Å²) in [5.74, 6) is -0.429. The quantitative estimate of drug-likeness (QED) is 0.301. The lowest BCUT2D eigenvalue weighted by atomic mass is 10.1. The van der Waals surface area contributed by atoms with Gasteiger partial charge in [0.15, 0.2) is 0 Å². The molecule has 168 valence electrons. The van der Waals surface area contributed by atoms with Crippen LogP contribution in [0.25, 0.3) is 0 Å². The van der Waals surface area contributed by atoms with E-state index in [0.717, 1.165) is 30.7 Å². The first kappa shape index (κ1) is 24.4. The summed E-state index contributed by atoms with van der Waals surface area (Å²) in [6.45, 7) is 3.08. The molecule has 0 aliphatic carbocycles. The second kappa shape index (κ2) is 11.0. The SMILES string of the molecule is CCCOCCNC(=O)Cc1cc(Oc2ccc(C(F)(F)F)cc2Cl)ccc1[N+](=O)[O-]. The molecule has 0 saturated carbocycles. The minimum atomic E-state index is -4.56. The minimum Gasteiger partial charge on any atom is -0.456 e. The molecule has 1 amide bonds. The van der Waals surface area contributed by atoms with E-state index in [1.54, 1.807) is 0 Å². The van der Waals surface area contributed by atoms with Gasteiger partial charge in [0, 0.05) is 24.8 Å². The summed E-state index contributed by atoms with van der Waals surface area (Å²) in [4.78, 5) is 22.8. The maximum absolute atomic E-state index is 12.8. The Labute approximate surface area is 181 Å². The molecular formula is C20H20ClF3N2O5. The second-order valence-corrected chi connectivity index (χ2v) is 6.84. The van der Waals surface area contributed by atoms with Crippen LogP contribution in [-0.4, -0.2) is 30.6 Å². The fourth-order valence-electron chi connectivity index (χ4n) is 2.58. The van der Waals surface area contributed by atoms with Gasteiger partial charge in [-0.2, -0.15) is 13.2 Å². The lowest BCUT2D eigenvalue weighted by Crippen LogP contribution is -2.29. The van der Waals surface area contributed by atoms with E-state index >= 15 is 0 Å². The third-order valence-electron chi connectivity index (χ3n) is 4.00. The molecule has 7 nitrogen and oxygen atoms in total. The van der Waals surface area contributed by atoms with Crippen LogP contribution in [0.4, 0.5) is 18.9 Å². The van der Waals surface area contributed by atoms with E-state index in [1.807, 2.05) is 6.92 Å². The van der Waals surface area contributed by atoms with Gasteiger partial charge < -0.3 is 14.8 Å². The molecule has 0 heterocycles. The maximum atomic E-state index is 12.8. The van der Waals surface area contributed by atoms with Crippen LogP contribution in [0.5, 0.6) is 11.5 Å². The predicted molar refractivity (Wildman–Crippen MR) is 107 cm³/mol. The number of carbonyl (C=O) groups excluding carboxylic acids is 1. The number of hydrogen-bond acceptors (Lipinski definition) is 5. The van der Waals surface area contributed by atoms with E-state index < -0.39 is 22.6 Å². The summed E-state index contributed by atoms with van der Waals surface area (Å²) in [5.41, 5.74) is -1.14. The van der Waals surface area contributed by atoms with Crippen LogP contribution < -0.4 is 10.1 Å². The molecule has 0 aliphatic rings. The smallest absolute Gasteiger partial charge is 0.416 e. The molecule has 0 aliphatic heterocycles. The Bertz CT molecular complexity index is 938. The van der Waals surface area contributed by atoms with E-state index in [1.165, 1.54) is 12.1 Å².